The molecule has 1 aromatic rings. The highest BCUT2D eigenvalue weighted by molar-refractivity contribution is 5.21. The van der Waals surface area contributed by atoms with Crippen LogP contribution in [0.15, 0.2) is 24.3 Å². The highest BCUT2D eigenvalue weighted by Crippen LogP contribution is 2.04. The first-order chi connectivity index (χ1) is 7.63. The molecule has 0 spiro atoms. The molecule has 88 valence electrons. The van der Waals surface area contributed by atoms with E-state index in [9.17, 15) is 0 Å². The van der Waals surface area contributed by atoms with Crippen LogP contribution in [0.3, 0.4) is 0 Å². The van der Waals surface area contributed by atoms with Crippen molar-refractivity contribution in [1.82, 2.24) is 0 Å². The van der Waals surface area contributed by atoms with Crippen LogP contribution in [-0.2, 0) is 11.3 Å². The van der Waals surface area contributed by atoms with Gasteiger partial charge < -0.3 is 9.64 Å². The standard InChI is InChI=1S/C14H21NO/c1-11-5-4-6-14(7-11)10-15-8-12(2)16-13(3)9-15/h4-7,12-13H,8-10H2,1-3H3/p+1/t12-,13-/m0/s1. The third kappa shape index (κ3) is 3.06. The molecule has 0 amide bonds. The summed E-state index contributed by atoms with van der Waals surface area (Å²) in [5.74, 6) is 0. The number of aryl methyl sites for hydroxylation is 1. The summed E-state index contributed by atoms with van der Waals surface area (Å²) in [6.45, 7) is 9.87. The van der Waals surface area contributed by atoms with E-state index in [1.165, 1.54) is 11.1 Å². The van der Waals surface area contributed by atoms with Crippen molar-refractivity contribution in [3.05, 3.63) is 35.4 Å². The molecular weight excluding hydrogens is 198 g/mol. The van der Waals surface area contributed by atoms with Crippen molar-refractivity contribution in [3.8, 4) is 0 Å². The Balaban J connectivity index is 1.98. The Morgan fingerprint density at radius 1 is 1.25 bits per heavy atom. The second-order valence-corrected chi connectivity index (χ2v) is 5.08. The molecule has 1 fully saturated rings. The number of ether oxygens (including phenoxy) is 1. The zero-order chi connectivity index (χ0) is 11.5. The van der Waals surface area contributed by atoms with E-state index in [1.807, 2.05) is 0 Å². The van der Waals surface area contributed by atoms with Crippen LogP contribution >= 0.6 is 0 Å². The Hall–Kier alpha value is -0.860. The Morgan fingerprint density at radius 3 is 2.56 bits per heavy atom. The van der Waals surface area contributed by atoms with Crippen LogP contribution in [0.25, 0.3) is 0 Å². The SMILES string of the molecule is Cc1cccc(C[NH+]2C[C@H](C)O[C@@H](C)C2)c1. The molecule has 0 aliphatic carbocycles. The summed E-state index contributed by atoms with van der Waals surface area (Å²) in [7, 11) is 0. The van der Waals surface area contributed by atoms with Crippen molar-refractivity contribution in [3.63, 3.8) is 0 Å². The molecular formula is C14H22NO+. The highest BCUT2D eigenvalue weighted by atomic mass is 16.5. The molecule has 2 nitrogen and oxygen atoms in total. The van der Waals surface area contributed by atoms with Crippen LogP contribution in [0.1, 0.15) is 25.0 Å². The molecule has 2 rings (SSSR count). The summed E-state index contributed by atoms with van der Waals surface area (Å²) >= 11 is 0. The summed E-state index contributed by atoms with van der Waals surface area (Å²) in [5, 5.41) is 0. The topological polar surface area (TPSA) is 13.7 Å². The summed E-state index contributed by atoms with van der Waals surface area (Å²) in [6.07, 6.45) is 0.784. The summed E-state index contributed by atoms with van der Waals surface area (Å²) in [4.78, 5) is 1.64. The molecule has 1 saturated heterocycles. The molecule has 1 aromatic carbocycles. The summed E-state index contributed by atoms with van der Waals surface area (Å²) in [6, 6.07) is 8.82. The second kappa shape index (κ2) is 4.98. The minimum absolute atomic E-state index is 0.392. The predicted molar refractivity (Wildman–Crippen MR) is 65.6 cm³/mol. The number of hydrogen-bond donors (Lipinski definition) is 1. The molecule has 16 heavy (non-hydrogen) atoms. The Morgan fingerprint density at radius 2 is 1.94 bits per heavy atom. The van der Waals surface area contributed by atoms with Gasteiger partial charge >= 0.3 is 0 Å². The number of hydrogen-bond acceptors (Lipinski definition) is 1. The van der Waals surface area contributed by atoms with Gasteiger partial charge in [-0.3, -0.25) is 0 Å². The van der Waals surface area contributed by atoms with E-state index in [1.54, 1.807) is 4.90 Å². The third-order valence-electron chi connectivity index (χ3n) is 3.15. The van der Waals surface area contributed by atoms with Gasteiger partial charge in [0.05, 0.1) is 0 Å². The summed E-state index contributed by atoms with van der Waals surface area (Å²) in [5.41, 5.74) is 2.79. The fraction of sp³-hybridized carbons (Fsp3) is 0.571. The van der Waals surface area contributed by atoms with Crippen molar-refractivity contribution in [1.29, 1.82) is 0 Å². The van der Waals surface area contributed by atoms with Gasteiger partial charge in [0, 0.05) is 5.56 Å². The number of nitrogens with one attached hydrogen (secondary N) is 1. The van der Waals surface area contributed by atoms with Gasteiger partial charge in [0.25, 0.3) is 0 Å². The molecule has 0 aromatic heterocycles. The number of benzene rings is 1. The van der Waals surface area contributed by atoms with Gasteiger partial charge in [0.15, 0.2) is 0 Å². The molecule has 0 radical (unpaired) electrons. The average molecular weight is 220 g/mol. The number of quaternary nitrogens is 1. The number of morpholine rings is 1. The van der Waals surface area contributed by atoms with Crippen LogP contribution in [0, 0.1) is 6.92 Å². The minimum Gasteiger partial charge on any atom is -0.364 e. The first kappa shape index (κ1) is 11.6. The fourth-order valence-electron chi connectivity index (χ4n) is 2.64. The monoisotopic (exact) mass is 220 g/mol. The van der Waals surface area contributed by atoms with Crippen LogP contribution in [0.2, 0.25) is 0 Å². The first-order valence-corrected chi connectivity index (χ1v) is 6.18. The van der Waals surface area contributed by atoms with Gasteiger partial charge in [-0.1, -0.05) is 29.8 Å². The maximum atomic E-state index is 5.76. The Labute approximate surface area is 98.2 Å². The lowest BCUT2D eigenvalue weighted by molar-refractivity contribution is -0.928. The highest BCUT2D eigenvalue weighted by Gasteiger charge is 2.25. The Bertz CT molecular complexity index is 340. The molecule has 2 heteroatoms. The van der Waals surface area contributed by atoms with E-state index >= 15 is 0 Å². The normalized spacial score (nSPS) is 30.3. The smallest absolute Gasteiger partial charge is 0.104 e. The van der Waals surface area contributed by atoms with E-state index in [-0.39, 0.29) is 0 Å². The second-order valence-electron chi connectivity index (χ2n) is 5.08. The lowest BCUT2D eigenvalue weighted by Gasteiger charge is -2.32. The molecule has 0 unspecified atom stereocenters. The number of rotatable bonds is 2. The molecule has 2 atom stereocenters. The van der Waals surface area contributed by atoms with Crippen molar-refractivity contribution in [2.45, 2.75) is 39.5 Å². The van der Waals surface area contributed by atoms with E-state index in [0.29, 0.717) is 12.2 Å². The molecule has 1 aliphatic rings. The quantitative estimate of drug-likeness (QED) is 0.790. The maximum Gasteiger partial charge on any atom is 0.104 e. The van der Waals surface area contributed by atoms with Gasteiger partial charge in [-0.25, -0.2) is 0 Å². The fourth-order valence-corrected chi connectivity index (χ4v) is 2.64. The van der Waals surface area contributed by atoms with Crippen molar-refractivity contribution in [2.24, 2.45) is 0 Å². The van der Waals surface area contributed by atoms with E-state index in [2.05, 4.69) is 45.0 Å². The summed E-state index contributed by atoms with van der Waals surface area (Å²) < 4.78 is 5.76. The van der Waals surface area contributed by atoms with Gasteiger partial charge in [0.2, 0.25) is 0 Å². The van der Waals surface area contributed by atoms with Gasteiger partial charge in [-0.2, -0.15) is 0 Å². The molecule has 0 bridgehead atoms. The van der Waals surface area contributed by atoms with Gasteiger partial charge in [-0.05, 0) is 20.8 Å². The lowest BCUT2D eigenvalue weighted by atomic mass is 10.1. The molecule has 1 heterocycles. The van der Waals surface area contributed by atoms with E-state index < -0.39 is 0 Å². The van der Waals surface area contributed by atoms with Gasteiger partial charge in [0.1, 0.15) is 31.8 Å². The van der Waals surface area contributed by atoms with E-state index in [0.717, 1.165) is 19.6 Å². The molecule has 0 saturated carbocycles. The maximum absolute atomic E-state index is 5.76. The largest absolute Gasteiger partial charge is 0.364 e. The minimum atomic E-state index is 0.392. The average Bonchev–Trinajstić information content (AvgIpc) is 2.15. The van der Waals surface area contributed by atoms with Gasteiger partial charge in [-0.15, -0.1) is 0 Å². The van der Waals surface area contributed by atoms with Crippen molar-refractivity contribution < 1.29 is 9.64 Å². The zero-order valence-corrected chi connectivity index (χ0v) is 10.5. The van der Waals surface area contributed by atoms with Crippen LogP contribution < -0.4 is 4.90 Å². The first-order valence-electron chi connectivity index (χ1n) is 6.18. The van der Waals surface area contributed by atoms with E-state index in [4.69, 9.17) is 4.74 Å². The van der Waals surface area contributed by atoms with Crippen LogP contribution in [-0.4, -0.2) is 25.3 Å². The molecule has 1 N–H and O–H groups in total. The van der Waals surface area contributed by atoms with Crippen LogP contribution in [0.4, 0.5) is 0 Å². The predicted octanol–water partition coefficient (Wildman–Crippen LogP) is 1.19. The molecule has 1 aliphatic heterocycles. The van der Waals surface area contributed by atoms with Crippen molar-refractivity contribution >= 4 is 0 Å². The third-order valence-corrected chi connectivity index (χ3v) is 3.15. The zero-order valence-electron chi connectivity index (χ0n) is 10.5. The Kier molecular flexibility index (Phi) is 3.62. The lowest BCUT2D eigenvalue weighted by Crippen LogP contribution is -3.14. The van der Waals surface area contributed by atoms with Crippen molar-refractivity contribution in [2.75, 3.05) is 13.1 Å². The van der Waals surface area contributed by atoms with Crippen LogP contribution in [0.5, 0.6) is 0 Å².